The van der Waals surface area contributed by atoms with Gasteiger partial charge in [-0.3, -0.25) is 4.79 Å². The van der Waals surface area contributed by atoms with E-state index in [0.29, 0.717) is 23.3 Å². The lowest BCUT2D eigenvalue weighted by molar-refractivity contribution is 0.0918. The van der Waals surface area contributed by atoms with Crippen LogP contribution in [-0.2, 0) is 15.5 Å². The van der Waals surface area contributed by atoms with E-state index in [1.54, 1.807) is 0 Å². The highest BCUT2D eigenvalue weighted by Crippen LogP contribution is 2.36. The molecule has 0 fully saturated rings. The zero-order valence-electron chi connectivity index (χ0n) is 7.99. The van der Waals surface area contributed by atoms with E-state index >= 15 is 0 Å². The van der Waals surface area contributed by atoms with Crippen LogP contribution in [0.25, 0.3) is 0 Å². The molecule has 0 bridgehead atoms. The van der Waals surface area contributed by atoms with E-state index in [1.807, 2.05) is 6.92 Å². The van der Waals surface area contributed by atoms with Gasteiger partial charge in [-0.2, -0.15) is 0 Å². The molecule has 1 aromatic heterocycles. The smallest absolute Gasteiger partial charge is 0.262 e. The Hall–Kier alpha value is -0.390. The molecular weight excluding hydrogens is 256 g/mol. The van der Waals surface area contributed by atoms with E-state index in [2.05, 4.69) is 0 Å². The van der Waals surface area contributed by atoms with Crippen LogP contribution in [0.4, 0.5) is 0 Å². The monoisotopic (exact) mass is 264 g/mol. The number of rotatable bonds is 1. The van der Waals surface area contributed by atoms with Gasteiger partial charge in [-0.1, -0.05) is 6.92 Å². The van der Waals surface area contributed by atoms with E-state index in [-0.39, 0.29) is 16.6 Å². The van der Waals surface area contributed by atoms with Crippen LogP contribution in [0.15, 0.2) is 10.3 Å². The third-order valence-corrected chi connectivity index (χ3v) is 5.19. The molecule has 0 aromatic carbocycles. The Morgan fingerprint density at radius 3 is 2.80 bits per heavy atom. The van der Waals surface area contributed by atoms with Crippen molar-refractivity contribution >= 4 is 36.9 Å². The first-order chi connectivity index (χ1) is 6.91. The molecule has 0 N–H and O–H groups in total. The van der Waals surface area contributed by atoms with Crippen LogP contribution in [0.5, 0.6) is 0 Å². The number of carbonyl (C=O) groups is 1. The van der Waals surface area contributed by atoms with Crippen LogP contribution in [0.1, 0.15) is 28.6 Å². The molecule has 0 radical (unpaired) electrons. The summed E-state index contributed by atoms with van der Waals surface area (Å²) in [7, 11) is 1.58. The van der Waals surface area contributed by atoms with Gasteiger partial charge < -0.3 is 0 Å². The van der Waals surface area contributed by atoms with Crippen LogP contribution >= 0.6 is 22.0 Å². The molecule has 0 saturated heterocycles. The highest BCUT2D eigenvalue weighted by molar-refractivity contribution is 8.13. The standard InChI is InChI=1S/C9H9ClO3S2/c1-5-2-3-6-7(15(10,12)13)4-14-9(6)8(5)11/h4-5H,2-3H2,1H3. The molecule has 1 unspecified atom stereocenters. The molecule has 0 saturated carbocycles. The molecule has 15 heavy (non-hydrogen) atoms. The highest BCUT2D eigenvalue weighted by Gasteiger charge is 2.30. The Balaban J connectivity index is 2.59. The topological polar surface area (TPSA) is 51.2 Å². The lowest BCUT2D eigenvalue weighted by atomic mass is 9.89. The minimum Gasteiger partial charge on any atom is -0.293 e. The summed E-state index contributed by atoms with van der Waals surface area (Å²) in [4.78, 5) is 12.4. The number of ketones is 1. The van der Waals surface area contributed by atoms with Crippen LogP contribution < -0.4 is 0 Å². The maximum atomic E-state index is 11.7. The minimum absolute atomic E-state index is 0.0120. The highest BCUT2D eigenvalue weighted by atomic mass is 35.7. The van der Waals surface area contributed by atoms with Crippen molar-refractivity contribution in [2.75, 3.05) is 0 Å². The van der Waals surface area contributed by atoms with Crippen molar-refractivity contribution in [3.05, 3.63) is 15.8 Å². The number of fused-ring (bicyclic) bond motifs is 1. The average Bonchev–Trinajstić information content (AvgIpc) is 2.54. The lowest BCUT2D eigenvalue weighted by Gasteiger charge is -2.16. The fourth-order valence-corrected chi connectivity index (χ4v) is 4.54. The summed E-state index contributed by atoms with van der Waals surface area (Å²) < 4.78 is 22.4. The number of hydrogen-bond donors (Lipinski definition) is 0. The van der Waals surface area contributed by atoms with Gasteiger partial charge in [-0.05, 0) is 18.4 Å². The molecule has 2 rings (SSSR count). The summed E-state index contributed by atoms with van der Waals surface area (Å²) >= 11 is 1.18. The van der Waals surface area contributed by atoms with Gasteiger partial charge in [0.05, 0.1) is 9.77 Å². The lowest BCUT2D eigenvalue weighted by Crippen LogP contribution is -2.18. The Morgan fingerprint density at radius 1 is 1.53 bits per heavy atom. The van der Waals surface area contributed by atoms with Crippen molar-refractivity contribution in [3.63, 3.8) is 0 Å². The van der Waals surface area contributed by atoms with Gasteiger partial charge in [-0.15, -0.1) is 11.3 Å². The second kappa shape index (κ2) is 3.57. The Labute approximate surface area is 96.5 Å². The van der Waals surface area contributed by atoms with Crippen molar-refractivity contribution in [2.24, 2.45) is 5.92 Å². The first kappa shape index (κ1) is 11.1. The zero-order chi connectivity index (χ0) is 11.2. The SMILES string of the molecule is CC1CCc2c(S(=O)(=O)Cl)csc2C1=O. The maximum absolute atomic E-state index is 11.7. The second-order valence-corrected chi connectivity index (χ2v) is 7.06. The largest absolute Gasteiger partial charge is 0.293 e. The van der Waals surface area contributed by atoms with Gasteiger partial charge in [0.2, 0.25) is 0 Å². The summed E-state index contributed by atoms with van der Waals surface area (Å²) in [6.07, 6.45) is 1.31. The number of Topliss-reactive ketones (excluding diaryl/α,β-unsaturated/α-hetero) is 1. The fourth-order valence-electron chi connectivity index (χ4n) is 1.73. The number of halogens is 1. The summed E-state index contributed by atoms with van der Waals surface area (Å²) in [5.74, 6) is 0.0230. The van der Waals surface area contributed by atoms with E-state index in [0.717, 1.165) is 0 Å². The van der Waals surface area contributed by atoms with Gasteiger partial charge in [-0.25, -0.2) is 8.42 Å². The normalized spacial score (nSPS) is 21.5. The van der Waals surface area contributed by atoms with E-state index < -0.39 is 9.05 Å². The van der Waals surface area contributed by atoms with Crippen LogP contribution in [-0.4, -0.2) is 14.2 Å². The van der Waals surface area contributed by atoms with Crippen molar-refractivity contribution in [1.29, 1.82) is 0 Å². The molecule has 1 aliphatic carbocycles. The Kier molecular flexibility index (Phi) is 2.65. The van der Waals surface area contributed by atoms with Gasteiger partial charge in [0.1, 0.15) is 0 Å². The van der Waals surface area contributed by atoms with Gasteiger partial charge in [0.15, 0.2) is 5.78 Å². The number of carbonyl (C=O) groups excluding carboxylic acids is 1. The summed E-state index contributed by atoms with van der Waals surface area (Å²) in [5.41, 5.74) is 0.609. The molecule has 1 atom stereocenters. The van der Waals surface area contributed by atoms with Crippen LogP contribution in [0.2, 0.25) is 0 Å². The second-order valence-electron chi connectivity index (χ2n) is 3.65. The van der Waals surface area contributed by atoms with E-state index in [1.165, 1.54) is 16.7 Å². The average molecular weight is 265 g/mol. The van der Waals surface area contributed by atoms with Gasteiger partial charge in [0.25, 0.3) is 9.05 Å². The fraction of sp³-hybridized carbons (Fsp3) is 0.444. The molecule has 0 spiro atoms. The van der Waals surface area contributed by atoms with Gasteiger partial charge in [0, 0.05) is 22.0 Å². The quantitative estimate of drug-likeness (QED) is 0.732. The zero-order valence-corrected chi connectivity index (χ0v) is 10.4. The molecule has 0 amide bonds. The number of thiophene rings is 1. The molecule has 1 aliphatic rings. The molecule has 1 aromatic rings. The summed E-state index contributed by atoms with van der Waals surface area (Å²) in [6, 6.07) is 0. The van der Waals surface area contributed by atoms with Gasteiger partial charge >= 0.3 is 0 Å². The van der Waals surface area contributed by atoms with Crippen LogP contribution in [0.3, 0.4) is 0 Å². The third-order valence-electron chi connectivity index (χ3n) is 2.62. The molecule has 6 heteroatoms. The summed E-state index contributed by atoms with van der Waals surface area (Å²) in [5, 5.41) is 1.46. The first-order valence-electron chi connectivity index (χ1n) is 4.50. The van der Waals surface area contributed by atoms with Crippen LogP contribution in [0, 0.1) is 5.92 Å². The first-order valence-corrected chi connectivity index (χ1v) is 7.69. The molecule has 1 heterocycles. The number of hydrogen-bond acceptors (Lipinski definition) is 4. The molecule has 3 nitrogen and oxygen atoms in total. The van der Waals surface area contributed by atoms with Crippen molar-refractivity contribution in [3.8, 4) is 0 Å². The van der Waals surface area contributed by atoms with Crippen molar-refractivity contribution in [2.45, 2.75) is 24.7 Å². The van der Waals surface area contributed by atoms with E-state index in [4.69, 9.17) is 10.7 Å². The predicted molar refractivity (Wildman–Crippen MR) is 59.2 cm³/mol. The molecule has 0 aliphatic heterocycles. The minimum atomic E-state index is -3.71. The van der Waals surface area contributed by atoms with Crippen molar-refractivity contribution < 1.29 is 13.2 Å². The Morgan fingerprint density at radius 2 is 2.20 bits per heavy atom. The molecule has 82 valence electrons. The molecular formula is C9H9ClO3S2. The van der Waals surface area contributed by atoms with Crippen molar-refractivity contribution in [1.82, 2.24) is 0 Å². The Bertz CT molecular complexity index is 515. The third kappa shape index (κ3) is 1.84. The summed E-state index contributed by atoms with van der Waals surface area (Å²) in [6.45, 7) is 1.86. The van der Waals surface area contributed by atoms with E-state index in [9.17, 15) is 13.2 Å². The maximum Gasteiger partial charge on any atom is 0.262 e. The predicted octanol–water partition coefficient (Wildman–Crippen LogP) is 2.44.